The lowest BCUT2D eigenvalue weighted by Gasteiger charge is -2.44. The number of fused-ring (bicyclic) bond motifs is 2. The molecule has 0 radical (unpaired) electrons. The standard InChI is InChI=1S/C35H64N2O2/c1-9-17-21-36(22-18-10-2)32(38)25-28(33(39)37(23-19-11-3)24-20-12-4)31-26-34(15-7)27-35(31,16-8)30(14-6)29(34)13-5/h28,31H,9-27H2,1-8H3. The van der Waals surface area contributed by atoms with Crippen molar-refractivity contribution in [1.29, 1.82) is 0 Å². The molecule has 1 saturated carbocycles. The van der Waals surface area contributed by atoms with Crippen LogP contribution in [0.4, 0.5) is 0 Å². The highest BCUT2D eigenvalue weighted by Gasteiger charge is 2.63. The molecule has 0 saturated heterocycles. The second-order valence-corrected chi connectivity index (χ2v) is 12.7. The summed E-state index contributed by atoms with van der Waals surface area (Å²) < 4.78 is 0. The van der Waals surface area contributed by atoms with Crippen molar-refractivity contribution in [2.45, 2.75) is 152 Å². The molecule has 4 heteroatoms. The van der Waals surface area contributed by atoms with Crippen LogP contribution in [-0.4, -0.2) is 47.8 Å². The lowest BCUT2D eigenvalue weighted by atomic mass is 9.61. The summed E-state index contributed by atoms with van der Waals surface area (Å²) in [7, 11) is 0. The fourth-order valence-corrected chi connectivity index (χ4v) is 8.41. The monoisotopic (exact) mass is 544 g/mol. The number of rotatable bonds is 20. The van der Waals surface area contributed by atoms with E-state index in [9.17, 15) is 9.59 Å². The van der Waals surface area contributed by atoms with Crippen LogP contribution < -0.4 is 0 Å². The van der Waals surface area contributed by atoms with E-state index in [2.05, 4.69) is 65.2 Å². The molecule has 2 amide bonds. The number of amides is 2. The number of carbonyl (C=O) groups is 2. The number of allylic oxidation sites excluding steroid dienone is 2. The van der Waals surface area contributed by atoms with E-state index in [1.807, 2.05) is 0 Å². The summed E-state index contributed by atoms with van der Waals surface area (Å²) in [4.78, 5) is 32.9. The van der Waals surface area contributed by atoms with Crippen molar-refractivity contribution in [1.82, 2.24) is 9.80 Å². The van der Waals surface area contributed by atoms with Crippen molar-refractivity contribution < 1.29 is 9.59 Å². The first kappa shape index (κ1) is 33.9. The van der Waals surface area contributed by atoms with E-state index in [4.69, 9.17) is 0 Å². The van der Waals surface area contributed by atoms with Crippen LogP contribution in [0, 0.1) is 22.7 Å². The van der Waals surface area contributed by atoms with E-state index in [0.29, 0.717) is 6.42 Å². The number of unbranched alkanes of at least 4 members (excludes halogenated alkanes) is 4. The van der Waals surface area contributed by atoms with Crippen LogP contribution in [0.1, 0.15) is 152 Å². The highest BCUT2D eigenvalue weighted by molar-refractivity contribution is 5.86. The van der Waals surface area contributed by atoms with Gasteiger partial charge in [0.2, 0.25) is 11.8 Å². The molecule has 2 aliphatic rings. The van der Waals surface area contributed by atoms with Crippen molar-refractivity contribution >= 4 is 11.8 Å². The Hall–Kier alpha value is -1.32. The van der Waals surface area contributed by atoms with E-state index < -0.39 is 0 Å². The highest BCUT2D eigenvalue weighted by atomic mass is 16.2. The predicted molar refractivity (Wildman–Crippen MR) is 167 cm³/mol. The summed E-state index contributed by atoms with van der Waals surface area (Å²) in [5.41, 5.74) is 3.66. The molecule has 0 aromatic heterocycles. The molecule has 2 aliphatic carbocycles. The quantitative estimate of drug-likeness (QED) is 0.143. The minimum absolute atomic E-state index is 0.0789. The van der Waals surface area contributed by atoms with Gasteiger partial charge < -0.3 is 9.80 Å². The maximum Gasteiger partial charge on any atom is 0.226 e. The van der Waals surface area contributed by atoms with Gasteiger partial charge in [0.1, 0.15) is 0 Å². The van der Waals surface area contributed by atoms with Gasteiger partial charge in [0.05, 0.1) is 5.92 Å². The summed E-state index contributed by atoms with van der Waals surface area (Å²) in [5, 5.41) is 0. The summed E-state index contributed by atoms with van der Waals surface area (Å²) in [6.07, 6.45) is 15.6. The van der Waals surface area contributed by atoms with Crippen LogP contribution in [0.15, 0.2) is 11.1 Å². The molecule has 226 valence electrons. The van der Waals surface area contributed by atoms with Crippen LogP contribution in [0.5, 0.6) is 0 Å². The molecule has 2 rings (SSSR count). The Morgan fingerprint density at radius 1 is 0.718 bits per heavy atom. The van der Waals surface area contributed by atoms with Crippen LogP contribution in [0.2, 0.25) is 0 Å². The van der Waals surface area contributed by atoms with Crippen molar-refractivity contribution in [2.75, 3.05) is 26.2 Å². The van der Waals surface area contributed by atoms with Crippen LogP contribution in [-0.2, 0) is 9.59 Å². The van der Waals surface area contributed by atoms with Crippen molar-refractivity contribution in [3.63, 3.8) is 0 Å². The molecule has 4 nitrogen and oxygen atoms in total. The first-order valence-electron chi connectivity index (χ1n) is 17.1. The molecule has 0 N–H and O–H groups in total. The molecular formula is C35H64N2O2. The number of hydrogen-bond donors (Lipinski definition) is 0. The van der Waals surface area contributed by atoms with Gasteiger partial charge >= 0.3 is 0 Å². The van der Waals surface area contributed by atoms with Crippen molar-refractivity contribution in [3.8, 4) is 0 Å². The number of nitrogens with zero attached hydrogens (tertiary/aromatic N) is 2. The Balaban J connectivity index is 2.55. The summed E-state index contributed by atoms with van der Waals surface area (Å²) in [5.74, 6) is 0.569. The predicted octanol–water partition coefficient (Wildman–Crippen LogP) is 9.18. The van der Waals surface area contributed by atoms with Gasteiger partial charge in [0, 0.05) is 32.6 Å². The van der Waals surface area contributed by atoms with Gasteiger partial charge in [-0.05, 0) is 81.0 Å². The number of hydrogen-bond acceptors (Lipinski definition) is 2. The lowest BCUT2D eigenvalue weighted by molar-refractivity contribution is -0.145. The van der Waals surface area contributed by atoms with Crippen molar-refractivity contribution in [2.24, 2.45) is 22.7 Å². The van der Waals surface area contributed by atoms with E-state index in [0.717, 1.165) is 110 Å². The van der Waals surface area contributed by atoms with E-state index >= 15 is 0 Å². The third-order valence-electron chi connectivity index (χ3n) is 10.6. The largest absolute Gasteiger partial charge is 0.343 e. The Bertz CT molecular complexity index is 788. The van der Waals surface area contributed by atoms with Gasteiger partial charge in [0.15, 0.2) is 0 Å². The Morgan fingerprint density at radius 3 is 1.62 bits per heavy atom. The third-order valence-corrected chi connectivity index (χ3v) is 10.6. The second-order valence-electron chi connectivity index (χ2n) is 12.7. The molecule has 1 fully saturated rings. The summed E-state index contributed by atoms with van der Waals surface area (Å²) in [6.45, 7) is 21.5. The van der Waals surface area contributed by atoms with Gasteiger partial charge in [-0.1, -0.05) is 92.2 Å². The van der Waals surface area contributed by atoms with E-state index in [1.54, 1.807) is 11.1 Å². The molecule has 0 spiro atoms. The fourth-order valence-electron chi connectivity index (χ4n) is 8.41. The van der Waals surface area contributed by atoms with Crippen LogP contribution in [0.3, 0.4) is 0 Å². The van der Waals surface area contributed by atoms with Crippen LogP contribution in [0.25, 0.3) is 0 Å². The van der Waals surface area contributed by atoms with E-state index in [1.165, 1.54) is 6.42 Å². The van der Waals surface area contributed by atoms with E-state index in [-0.39, 0.29) is 34.5 Å². The molecule has 0 aromatic rings. The minimum atomic E-state index is -0.203. The van der Waals surface area contributed by atoms with Crippen LogP contribution >= 0.6 is 0 Å². The smallest absolute Gasteiger partial charge is 0.226 e. The molecule has 0 aliphatic heterocycles. The molecule has 4 atom stereocenters. The normalized spacial score (nSPS) is 24.9. The fraction of sp³-hybridized carbons (Fsp3) is 0.886. The molecule has 39 heavy (non-hydrogen) atoms. The SMILES string of the molecule is CCCCN(CCCC)C(=O)CC(C(=O)N(CCCC)CCCC)C1CC2(CC)CC1(CC)C(CC)=C2CC. The maximum atomic E-state index is 14.6. The average molecular weight is 545 g/mol. The maximum absolute atomic E-state index is 14.6. The zero-order valence-electron chi connectivity index (χ0n) is 27.3. The first-order valence-corrected chi connectivity index (χ1v) is 17.1. The topological polar surface area (TPSA) is 40.6 Å². The third kappa shape index (κ3) is 7.31. The van der Waals surface area contributed by atoms with Gasteiger partial charge in [-0.25, -0.2) is 0 Å². The van der Waals surface area contributed by atoms with Crippen molar-refractivity contribution in [3.05, 3.63) is 11.1 Å². The molecular weight excluding hydrogens is 480 g/mol. The minimum Gasteiger partial charge on any atom is -0.343 e. The Morgan fingerprint density at radius 2 is 1.21 bits per heavy atom. The lowest BCUT2D eigenvalue weighted by Crippen LogP contribution is -2.47. The molecule has 2 bridgehead atoms. The van der Waals surface area contributed by atoms with Gasteiger partial charge in [-0.2, -0.15) is 0 Å². The first-order chi connectivity index (χ1) is 18.8. The number of carbonyl (C=O) groups excluding carboxylic acids is 2. The Kier molecular flexibility index (Phi) is 14.1. The average Bonchev–Trinajstić information content (AvgIpc) is 3.44. The zero-order valence-corrected chi connectivity index (χ0v) is 27.3. The summed E-state index contributed by atoms with van der Waals surface area (Å²) in [6, 6.07) is 0. The van der Waals surface area contributed by atoms with Gasteiger partial charge in [-0.15, -0.1) is 0 Å². The highest BCUT2D eigenvalue weighted by Crippen LogP contribution is 2.72. The molecule has 4 unspecified atom stereocenters. The van der Waals surface area contributed by atoms with Gasteiger partial charge in [-0.3, -0.25) is 9.59 Å². The molecule has 0 aromatic carbocycles. The summed E-state index contributed by atoms with van der Waals surface area (Å²) >= 11 is 0. The second kappa shape index (κ2) is 16.2. The Labute approximate surface area is 242 Å². The zero-order chi connectivity index (χ0) is 29.1. The van der Waals surface area contributed by atoms with Gasteiger partial charge in [0.25, 0.3) is 0 Å². The molecule has 0 heterocycles.